The molecule has 0 radical (unpaired) electrons. The zero-order chi connectivity index (χ0) is 14.8. The standard InChI is InChI=1S/C13H20BrNO3S/c1-13(2,19(5,16)17)12(15-3)10-8-9(14)6-7-11(10)18-4/h6-8,12,15H,1-5H3. The fraction of sp³-hybridized carbons (Fsp3) is 0.538. The third kappa shape index (κ3) is 3.30. The summed E-state index contributed by atoms with van der Waals surface area (Å²) in [6.07, 6.45) is 1.25. The highest BCUT2D eigenvalue weighted by Gasteiger charge is 2.40. The van der Waals surface area contributed by atoms with Gasteiger partial charge in [-0.1, -0.05) is 15.9 Å². The van der Waals surface area contributed by atoms with E-state index in [1.165, 1.54) is 6.26 Å². The van der Waals surface area contributed by atoms with Gasteiger partial charge in [-0.15, -0.1) is 0 Å². The highest BCUT2D eigenvalue weighted by atomic mass is 79.9. The summed E-state index contributed by atoms with van der Waals surface area (Å²) >= 11 is 3.41. The molecule has 6 heteroatoms. The van der Waals surface area contributed by atoms with Crippen molar-refractivity contribution >= 4 is 25.8 Å². The molecular weight excluding hydrogens is 330 g/mol. The van der Waals surface area contributed by atoms with Crippen molar-refractivity contribution in [3.8, 4) is 5.75 Å². The topological polar surface area (TPSA) is 55.4 Å². The molecule has 0 amide bonds. The van der Waals surface area contributed by atoms with Crippen molar-refractivity contribution < 1.29 is 13.2 Å². The van der Waals surface area contributed by atoms with Crippen LogP contribution in [-0.4, -0.2) is 33.6 Å². The van der Waals surface area contributed by atoms with Gasteiger partial charge in [-0.25, -0.2) is 8.42 Å². The Kier molecular flexibility index (Phi) is 5.03. The molecule has 0 aliphatic rings. The molecule has 0 heterocycles. The molecule has 19 heavy (non-hydrogen) atoms. The number of methoxy groups -OCH3 is 1. The zero-order valence-corrected chi connectivity index (χ0v) is 14.2. The largest absolute Gasteiger partial charge is 0.496 e. The first-order valence-corrected chi connectivity index (χ1v) is 8.54. The minimum atomic E-state index is -3.23. The van der Waals surface area contributed by atoms with Crippen molar-refractivity contribution in [2.45, 2.75) is 24.6 Å². The molecule has 0 saturated heterocycles. The molecule has 1 atom stereocenters. The van der Waals surface area contributed by atoms with Crippen LogP contribution in [0.3, 0.4) is 0 Å². The van der Waals surface area contributed by atoms with E-state index in [4.69, 9.17) is 4.74 Å². The van der Waals surface area contributed by atoms with E-state index >= 15 is 0 Å². The Hall–Kier alpha value is -0.590. The van der Waals surface area contributed by atoms with Gasteiger partial charge in [0.1, 0.15) is 5.75 Å². The van der Waals surface area contributed by atoms with Gasteiger partial charge >= 0.3 is 0 Å². The second-order valence-corrected chi connectivity index (χ2v) is 8.50. The lowest BCUT2D eigenvalue weighted by molar-refractivity contribution is 0.385. The van der Waals surface area contributed by atoms with Crippen molar-refractivity contribution in [1.82, 2.24) is 5.32 Å². The average molecular weight is 350 g/mol. The van der Waals surface area contributed by atoms with Gasteiger partial charge in [0.25, 0.3) is 0 Å². The maximum atomic E-state index is 12.0. The smallest absolute Gasteiger partial charge is 0.154 e. The summed E-state index contributed by atoms with van der Waals surface area (Å²) in [4.78, 5) is 0. The number of rotatable bonds is 5. The number of hydrogen-bond donors (Lipinski definition) is 1. The van der Waals surface area contributed by atoms with E-state index in [-0.39, 0.29) is 6.04 Å². The van der Waals surface area contributed by atoms with Crippen LogP contribution < -0.4 is 10.1 Å². The molecule has 0 aliphatic carbocycles. The molecule has 0 aromatic heterocycles. The van der Waals surface area contributed by atoms with Crippen LogP contribution in [0.5, 0.6) is 5.75 Å². The SMILES string of the molecule is CNC(c1cc(Br)ccc1OC)C(C)(C)S(C)(=O)=O. The Morgan fingerprint density at radius 2 is 1.95 bits per heavy atom. The van der Waals surface area contributed by atoms with Gasteiger partial charge in [0.05, 0.1) is 17.9 Å². The summed E-state index contributed by atoms with van der Waals surface area (Å²) in [5.74, 6) is 0.666. The summed E-state index contributed by atoms with van der Waals surface area (Å²) in [6, 6.07) is 5.20. The van der Waals surface area contributed by atoms with Gasteiger partial charge in [-0.05, 0) is 39.1 Å². The van der Waals surface area contributed by atoms with Crippen LogP contribution in [0.1, 0.15) is 25.5 Å². The third-order valence-corrected chi connectivity index (χ3v) is 6.08. The van der Waals surface area contributed by atoms with Gasteiger partial charge in [0, 0.05) is 16.3 Å². The average Bonchev–Trinajstić information content (AvgIpc) is 2.28. The molecule has 0 fully saturated rings. The lowest BCUT2D eigenvalue weighted by Gasteiger charge is -2.33. The van der Waals surface area contributed by atoms with Gasteiger partial charge < -0.3 is 10.1 Å². The summed E-state index contributed by atoms with van der Waals surface area (Å²) in [5.41, 5.74) is 0.815. The van der Waals surface area contributed by atoms with Gasteiger partial charge in [0.2, 0.25) is 0 Å². The second-order valence-electron chi connectivity index (χ2n) is 4.98. The van der Waals surface area contributed by atoms with Gasteiger partial charge in [0.15, 0.2) is 9.84 Å². The van der Waals surface area contributed by atoms with E-state index in [9.17, 15) is 8.42 Å². The number of benzene rings is 1. The van der Waals surface area contributed by atoms with E-state index in [1.54, 1.807) is 28.0 Å². The molecule has 0 spiro atoms. The van der Waals surface area contributed by atoms with E-state index < -0.39 is 14.6 Å². The second kappa shape index (κ2) is 5.81. The molecule has 0 saturated carbocycles. The molecule has 108 valence electrons. The summed E-state index contributed by atoms with van der Waals surface area (Å²) in [6.45, 7) is 3.42. The molecule has 0 aliphatic heterocycles. The van der Waals surface area contributed by atoms with Crippen LogP contribution in [0.15, 0.2) is 22.7 Å². The molecule has 1 unspecified atom stereocenters. The normalized spacial score (nSPS) is 14.2. The lowest BCUT2D eigenvalue weighted by atomic mass is 9.94. The van der Waals surface area contributed by atoms with Gasteiger partial charge in [-0.2, -0.15) is 0 Å². The summed E-state index contributed by atoms with van der Waals surface area (Å²) < 4.78 is 29.3. The molecule has 1 rings (SSSR count). The van der Waals surface area contributed by atoms with E-state index in [0.29, 0.717) is 5.75 Å². The minimum absolute atomic E-state index is 0.366. The first-order valence-electron chi connectivity index (χ1n) is 5.85. The maximum Gasteiger partial charge on any atom is 0.154 e. The zero-order valence-electron chi connectivity index (χ0n) is 11.8. The van der Waals surface area contributed by atoms with Crippen LogP contribution in [0, 0.1) is 0 Å². The number of sulfone groups is 1. The highest BCUT2D eigenvalue weighted by molar-refractivity contribution is 9.10. The maximum absolute atomic E-state index is 12.0. The minimum Gasteiger partial charge on any atom is -0.496 e. The Morgan fingerprint density at radius 1 is 1.37 bits per heavy atom. The summed E-state index contributed by atoms with van der Waals surface area (Å²) in [5, 5.41) is 3.09. The van der Waals surface area contributed by atoms with Crippen LogP contribution in [0.4, 0.5) is 0 Å². The van der Waals surface area contributed by atoms with Gasteiger partial charge in [-0.3, -0.25) is 0 Å². The Labute approximate surface area is 123 Å². The monoisotopic (exact) mass is 349 g/mol. The Morgan fingerprint density at radius 3 is 2.37 bits per heavy atom. The number of ether oxygens (including phenoxy) is 1. The first-order chi connectivity index (χ1) is 8.65. The molecule has 1 aromatic carbocycles. The summed E-state index contributed by atoms with van der Waals surface area (Å²) in [7, 11) is 0.0912. The highest BCUT2D eigenvalue weighted by Crippen LogP contribution is 2.37. The van der Waals surface area contributed by atoms with Crippen molar-refractivity contribution in [2.75, 3.05) is 20.4 Å². The van der Waals surface area contributed by atoms with Crippen molar-refractivity contribution in [3.05, 3.63) is 28.2 Å². The van der Waals surface area contributed by atoms with Crippen molar-refractivity contribution in [2.24, 2.45) is 0 Å². The molecule has 0 bridgehead atoms. The quantitative estimate of drug-likeness (QED) is 0.887. The first kappa shape index (κ1) is 16.5. The Balaban J connectivity index is 3.44. The number of hydrogen-bond acceptors (Lipinski definition) is 4. The van der Waals surface area contributed by atoms with E-state index in [2.05, 4.69) is 21.2 Å². The fourth-order valence-electron chi connectivity index (χ4n) is 2.02. The number of halogens is 1. The third-order valence-electron chi connectivity index (χ3n) is 3.44. The predicted octanol–water partition coefficient (Wildman–Crippen LogP) is 2.54. The Bertz CT molecular complexity index is 555. The molecular formula is C13H20BrNO3S. The molecule has 1 aromatic rings. The van der Waals surface area contributed by atoms with Crippen LogP contribution in [0.2, 0.25) is 0 Å². The van der Waals surface area contributed by atoms with Crippen molar-refractivity contribution in [1.29, 1.82) is 0 Å². The number of nitrogens with one attached hydrogen (secondary N) is 1. The van der Waals surface area contributed by atoms with Crippen LogP contribution in [-0.2, 0) is 9.84 Å². The predicted molar refractivity (Wildman–Crippen MR) is 81.4 cm³/mol. The van der Waals surface area contributed by atoms with E-state index in [0.717, 1.165) is 10.0 Å². The van der Waals surface area contributed by atoms with Crippen LogP contribution >= 0.6 is 15.9 Å². The fourth-order valence-corrected chi connectivity index (χ4v) is 3.07. The van der Waals surface area contributed by atoms with Crippen LogP contribution in [0.25, 0.3) is 0 Å². The van der Waals surface area contributed by atoms with Crippen molar-refractivity contribution in [3.63, 3.8) is 0 Å². The van der Waals surface area contributed by atoms with E-state index in [1.807, 2.05) is 18.2 Å². The lowest BCUT2D eigenvalue weighted by Crippen LogP contribution is -2.43. The molecule has 1 N–H and O–H groups in total. The molecule has 4 nitrogen and oxygen atoms in total.